The van der Waals surface area contributed by atoms with Crippen LogP contribution in [0.2, 0.25) is 8.67 Å². The average Bonchev–Trinajstić information content (AvgIpc) is 3.12. The molecule has 1 aliphatic heterocycles. The third-order valence-electron chi connectivity index (χ3n) is 3.85. The molecule has 0 bridgehead atoms. The zero-order valence-electron chi connectivity index (χ0n) is 13.2. The van der Waals surface area contributed by atoms with Crippen LogP contribution in [0.15, 0.2) is 11.4 Å². The molecule has 3 rings (SSSR count). The molecule has 0 aromatic carbocycles. The maximum absolute atomic E-state index is 12.5. The summed E-state index contributed by atoms with van der Waals surface area (Å²) in [5.74, 6) is -0.361. The minimum atomic E-state index is -3.43. The van der Waals surface area contributed by atoms with Crippen molar-refractivity contribution in [2.24, 2.45) is 0 Å². The minimum Gasteiger partial charge on any atom is -0.301 e. The van der Waals surface area contributed by atoms with E-state index in [1.807, 2.05) is 0 Å². The van der Waals surface area contributed by atoms with E-state index in [1.54, 1.807) is 11.4 Å². The van der Waals surface area contributed by atoms with Gasteiger partial charge in [0, 0.05) is 17.5 Å². The second-order valence-electron chi connectivity index (χ2n) is 5.65. The largest absolute Gasteiger partial charge is 0.301 e. The van der Waals surface area contributed by atoms with Crippen LogP contribution in [0.1, 0.15) is 19.3 Å². The van der Waals surface area contributed by atoms with Gasteiger partial charge in [-0.1, -0.05) is 29.6 Å². The molecule has 25 heavy (non-hydrogen) atoms. The number of aromatic nitrogens is 1. The molecule has 1 fully saturated rings. The Kier molecular flexibility index (Phi) is 5.72. The Labute approximate surface area is 163 Å². The first-order chi connectivity index (χ1) is 11.8. The number of carbonyl (C=O) groups excluding carboxylic acids is 1. The fourth-order valence-electron chi connectivity index (χ4n) is 2.72. The summed E-state index contributed by atoms with van der Waals surface area (Å²) in [5.41, 5.74) is 1.33. The molecule has 0 radical (unpaired) electrons. The van der Waals surface area contributed by atoms with Crippen molar-refractivity contribution in [1.29, 1.82) is 0 Å². The molecule has 1 N–H and O–H groups in total. The summed E-state index contributed by atoms with van der Waals surface area (Å²) in [4.78, 5) is 16.9. The van der Waals surface area contributed by atoms with Crippen LogP contribution < -0.4 is 5.32 Å². The second kappa shape index (κ2) is 7.50. The average molecular weight is 440 g/mol. The van der Waals surface area contributed by atoms with Gasteiger partial charge in [0.2, 0.25) is 15.9 Å². The Hall–Kier alpha value is -0.710. The van der Waals surface area contributed by atoms with E-state index in [0.29, 0.717) is 38.0 Å². The highest BCUT2D eigenvalue weighted by Gasteiger charge is 2.34. The number of rotatable bonds is 4. The molecule has 0 saturated carbocycles. The fraction of sp³-hybridized carbons (Fsp3) is 0.429. The van der Waals surface area contributed by atoms with Crippen LogP contribution >= 0.6 is 45.9 Å². The Bertz CT molecular complexity index is 894. The number of thiazole rings is 1. The molecule has 1 atom stereocenters. The molecule has 2 aromatic heterocycles. The number of thiophene rings is 1. The van der Waals surface area contributed by atoms with E-state index in [4.69, 9.17) is 23.2 Å². The van der Waals surface area contributed by atoms with Gasteiger partial charge in [0.25, 0.3) is 0 Å². The fourth-order valence-corrected chi connectivity index (χ4v) is 6.04. The number of halogens is 2. The van der Waals surface area contributed by atoms with Crippen molar-refractivity contribution in [3.63, 3.8) is 0 Å². The van der Waals surface area contributed by atoms with Crippen molar-refractivity contribution in [2.75, 3.05) is 18.1 Å². The maximum atomic E-state index is 12.5. The molecule has 11 heteroatoms. The van der Waals surface area contributed by atoms with Crippen LogP contribution in [0.4, 0.5) is 5.13 Å². The van der Waals surface area contributed by atoms with Gasteiger partial charge < -0.3 is 5.32 Å². The first-order valence-electron chi connectivity index (χ1n) is 7.44. The third-order valence-corrected chi connectivity index (χ3v) is 7.38. The number of carbonyl (C=O) groups is 1. The molecule has 3 heterocycles. The molecule has 1 unspecified atom stereocenters. The summed E-state index contributed by atoms with van der Waals surface area (Å²) < 4.78 is 26.1. The Morgan fingerprint density at radius 2 is 2.16 bits per heavy atom. The van der Waals surface area contributed by atoms with Gasteiger partial charge in [0.05, 0.1) is 16.3 Å². The third kappa shape index (κ3) is 4.35. The lowest BCUT2D eigenvalue weighted by Gasteiger charge is -2.32. The first-order valence-corrected chi connectivity index (χ1v) is 11.7. The molecule has 6 nitrogen and oxygen atoms in total. The van der Waals surface area contributed by atoms with Gasteiger partial charge >= 0.3 is 0 Å². The van der Waals surface area contributed by atoms with E-state index >= 15 is 0 Å². The van der Waals surface area contributed by atoms with Crippen LogP contribution in [0.3, 0.4) is 0 Å². The Morgan fingerprint density at radius 1 is 1.40 bits per heavy atom. The van der Waals surface area contributed by atoms with Crippen LogP contribution in [0, 0.1) is 0 Å². The summed E-state index contributed by atoms with van der Waals surface area (Å²) in [7, 11) is -3.43. The number of nitrogens with zero attached hydrogens (tertiary/aromatic N) is 2. The van der Waals surface area contributed by atoms with Crippen molar-refractivity contribution in [2.45, 2.75) is 25.3 Å². The summed E-state index contributed by atoms with van der Waals surface area (Å²) in [6.45, 7) is 0.364. The van der Waals surface area contributed by atoms with Crippen molar-refractivity contribution >= 4 is 66.9 Å². The molecule has 0 spiro atoms. The molecule has 1 aliphatic rings. The molecule has 136 valence electrons. The molecule has 0 aliphatic carbocycles. The van der Waals surface area contributed by atoms with Crippen molar-refractivity contribution in [3.05, 3.63) is 20.1 Å². The first kappa shape index (κ1) is 19.1. The van der Waals surface area contributed by atoms with Gasteiger partial charge in [0.15, 0.2) is 5.13 Å². The van der Waals surface area contributed by atoms with Crippen molar-refractivity contribution in [1.82, 2.24) is 9.29 Å². The lowest BCUT2D eigenvalue weighted by Crippen LogP contribution is -2.49. The van der Waals surface area contributed by atoms with E-state index in [9.17, 15) is 13.2 Å². The highest BCUT2D eigenvalue weighted by atomic mass is 35.5. The number of nitrogens with one attached hydrogen (secondary N) is 1. The van der Waals surface area contributed by atoms with Crippen molar-refractivity contribution in [3.8, 4) is 11.3 Å². The Balaban J connectivity index is 1.76. The monoisotopic (exact) mass is 439 g/mol. The molecular weight excluding hydrogens is 425 g/mol. The predicted molar refractivity (Wildman–Crippen MR) is 103 cm³/mol. The standard InChI is InChI=1S/C14H15Cl2N3O3S3/c1-25(21,22)19-5-3-2-4-10(19)13(20)18-14-17-9(7-23-14)8-6-11(15)24-12(8)16/h6-7,10H,2-5H2,1H3,(H,17,18,20). The highest BCUT2D eigenvalue weighted by Crippen LogP contribution is 2.39. The Morgan fingerprint density at radius 3 is 2.80 bits per heavy atom. The number of piperidine rings is 1. The number of amides is 1. The lowest BCUT2D eigenvalue weighted by molar-refractivity contribution is -0.120. The zero-order chi connectivity index (χ0) is 18.2. The minimum absolute atomic E-state index is 0.361. The van der Waals surface area contributed by atoms with Crippen LogP contribution in [0.5, 0.6) is 0 Å². The smallest absolute Gasteiger partial charge is 0.244 e. The summed E-state index contributed by atoms with van der Waals surface area (Å²) in [6, 6.07) is 1.03. The number of hydrogen-bond acceptors (Lipinski definition) is 6. The molecular formula is C14H15Cl2N3O3S3. The summed E-state index contributed by atoms with van der Waals surface area (Å²) in [5, 5.41) is 4.89. The second-order valence-corrected chi connectivity index (χ2v) is 10.7. The molecule has 1 saturated heterocycles. The topological polar surface area (TPSA) is 79.4 Å². The van der Waals surface area contributed by atoms with Gasteiger partial charge in [0.1, 0.15) is 10.4 Å². The summed E-state index contributed by atoms with van der Waals surface area (Å²) in [6.07, 6.45) is 3.21. The van der Waals surface area contributed by atoms with E-state index < -0.39 is 16.1 Å². The van der Waals surface area contributed by atoms with Crippen LogP contribution in [-0.2, 0) is 14.8 Å². The van der Waals surface area contributed by atoms with E-state index in [0.717, 1.165) is 19.1 Å². The van der Waals surface area contributed by atoms with Gasteiger partial charge in [-0.25, -0.2) is 13.4 Å². The number of sulfonamides is 1. The van der Waals surface area contributed by atoms with Gasteiger partial charge in [-0.2, -0.15) is 4.31 Å². The molecule has 1 amide bonds. The quantitative estimate of drug-likeness (QED) is 0.782. The number of anilines is 1. The van der Waals surface area contributed by atoms with Gasteiger partial charge in [-0.15, -0.1) is 22.7 Å². The molecule has 2 aromatic rings. The van der Waals surface area contributed by atoms with Crippen LogP contribution in [-0.4, -0.2) is 42.5 Å². The highest BCUT2D eigenvalue weighted by molar-refractivity contribution is 7.88. The number of hydrogen-bond donors (Lipinski definition) is 1. The SMILES string of the molecule is CS(=O)(=O)N1CCCCC1C(=O)Nc1nc(-c2cc(Cl)sc2Cl)cs1. The lowest BCUT2D eigenvalue weighted by atomic mass is 10.0. The van der Waals surface area contributed by atoms with E-state index in [2.05, 4.69) is 10.3 Å². The van der Waals surface area contributed by atoms with Crippen molar-refractivity contribution < 1.29 is 13.2 Å². The normalized spacial score (nSPS) is 19.1. The van der Waals surface area contributed by atoms with E-state index in [-0.39, 0.29) is 5.91 Å². The zero-order valence-corrected chi connectivity index (χ0v) is 17.1. The van der Waals surface area contributed by atoms with E-state index in [1.165, 1.54) is 27.0 Å². The predicted octanol–water partition coefficient (Wildman–Crippen LogP) is 3.93. The van der Waals surface area contributed by atoms with Crippen LogP contribution in [0.25, 0.3) is 11.3 Å². The van der Waals surface area contributed by atoms with Gasteiger partial charge in [-0.05, 0) is 18.9 Å². The van der Waals surface area contributed by atoms with Gasteiger partial charge in [-0.3, -0.25) is 4.79 Å². The summed E-state index contributed by atoms with van der Waals surface area (Å²) >= 11 is 14.6. The maximum Gasteiger partial charge on any atom is 0.244 e.